The summed E-state index contributed by atoms with van der Waals surface area (Å²) in [6.07, 6.45) is 3.79. The maximum absolute atomic E-state index is 13.3. The van der Waals surface area contributed by atoms with E-state index in [-0.39, 0.29) is 45.8 Å². The molecule has 1 aliphatic heterocycles. The summed E-state index contributed by atoms with van der Waals surface area (Å²) in [6, 6.07) is 5.10. The Morgan fingerprint density at radius 2 is 1.88 bits per heavy atom. The van der Waals surface area contributed by atoms with Crippen LogP contribution < -0.4 is 4.74 Å². The van der Waals surface area contributed by atoms with Gasteiger partial charge >= 0.3 is 0 Å². The van der Waals surface area contributed by atoms with Gasteiger partial charge in [-0.15, -0.1) is 0 Å². The van der Waals surface area contributed by atoms with Gasteiger partial charge in [0.1, 0.15) is 0 Å². The predicted molar refractivity (Wildman–Crippen MR) is 126 cm³/mol. The van der Waals surface area contributed by atoms with E-state index in [2.05, 4.69) is 15.9 Å². The van der Waals surface area contributed by atoms with Gasteiger partial charge in [0.05, 0.1) is 22.9 Å². The number of hydrogen-bond acceptors (Lipinski definition) is 6. The van der Waals surface area contributed by atoms with E-state index in [9.17, 15) is 24.3 Å². The smallest absolute Gasteiger partial charge is 0.233 e. The molecule has 1 fully saturated rings. The standard InChI is InChI=1S/C26H24BrNO6/c1-3-28-25(32)14-9-8-12-15(21(14)26(28)33)10-16-22(18(29)11-17(27)23(16)30)20(12)13-6-5-7-19(24(13)31)34-4-2/h5-8,11,14-15,20-21,31H,3-4,9-10H2,1-2H3/t14-,15+,20+,21-/m0/s1. The Bertz CT molecular complexity index is 1240. The number of phenols is 1. The summed E-state index contributed by atoms with van der Waals surface area (Å²) in [5.74, 6) is -3.01. The summed E-state index contributed by atoms with van der Waals surface area (Å²) in [7, 11) is 0. The minimum absolute atomic E-state index is 0.0947. The molecular formula is C26H24BrNO6. The number of para-hydroxylation sites is 1. The van der Waals surface area contributed by atoms with E-state index in [0.717, 1.165) is 5.57 Å². The molecule has 4 aliphatic rings. The van der Waals surface area contributed by atoms with E-state index >= 15 is 0 Å². The number of amides is 2. The third-order valence-electron chi connectivity index (χ3n) is 7.38. The number of aromatic hydroxyl groups is 1. The van der Waals surface area contributed by atoms with Crippen LogP contribution in [0.4, 0.5) is 0 Å². The normalized spacial score (nSPS) is 28.4. The van der Waals surface area contributed by atoms with Crippen molar-refractivity contribution in [2.45, 2.75) is 32.6 Å². The number of halogens is 1. The second kappa shape index (κ2) is 8.34. The van der Waals surface area contributed by atoms with Crippen LogP contribution >= 0.6 is 15.9 Å². The van der Waals surface area contributed by atoms with Crippen LogP contribution in [0.2, 0.25) is 0 Å². The number of imide groups is 1. The van der Waals surface area contributed by atoms with E-state index in [4.69, 9.17) is 4.74 Å². The molecule has 34 heavy (non-hydrogen) atoms. The van der Waals surface area contributed by atoms with Crippen molar-refractivity contribution >= 4 is 39.3 Å². The highest BCUT2D eigenvalue weighted by Crippen LogP contribution is 2.56. The summed E-state index contributed by atoms with van der Waals surface area (Å²) < 4.78 is 5.74. The Kier molecular flexibility index (Phi) is 5.59. The lowest BCUT2D eigenvalue weighted by Gasteiger charge is -2.42. The van der Waals surface area contributed by atoms with E-state index in [1.54, 1.807) is 32.0 Å². The van der Waals surface area contributed by atoms with E-state index in [1.807, 2.05) is 6.08 Å². The van der Waals surface area contributed by atoms with Gasteiger partial charge in [0, 0.05) is 35.2 Å². The maximum Gasteiger partial charge on any atom is 0.233 e. The van der Waals surface area contributed by atoms with Gasteiger partial charge in [0.15, 0.2) is 23.1 Å². The molecule has 5 rings (SSSR count). The number of Topliss-reactive ketones (excluding diaryl/α,β-unsaturated/α-hetero) is 1. The van der Waals surface area contributed by atoms with Gasteiger partial charge in [-0.25, -0.2) is 0 Å². The first-order valence-electron chi connectivity index (χ1n) is 11.5. The monoisotopic (exact) mass is 525 g/mol. The van der Waals surface area contributed by atoms with Crippen molar-refractivity contribution in [2.24, 2.45) is 17.8 Å². The molecule has 0 spiro atoms. The molecule has 7 nitrogen and oxygen atoms in total. The highest BCUT2D eigenvalue weighted by molar-refractivity contribution is 9.12. The average Bonchev–Trinajstić information content (AvgIpc) is 3.07. The lowest BCUT2D eigenvalue weighted by molar-refractivity contribution is -0.139. The SMILES string of the molecule is CCOc1cccc([C@H]2C3=CC[C@@H]4C(=O)N(CC)C(=O)[C@@H]4[C@@H]3CC3=C2C(=O)C=C(Br)C3=O)c1O. The second-order valence-corrected chi connectivity index (χ2v) is 9.80. The fourth-order valence-electron chi connectivity index (χ4n) is 5.98. The number of ether oxygens (including phenoxy) is 1. The summed E-state index contributed by atoms with van der Waals surface area (Å²) >= 11 is 3.21. The van der Waals surface area contributed by atoms with Crippen LogP contribution in [0.25, 0.3) is 0 Å². The number of phenolic OH excluding ortho intramolecular Hbond substituents is 1. The minimum Gasteiger partial charge on any atom is -0.504 e. The van der Waals surface area contributed by atoms with Crippen molar-refractivity contribution in [3.8, 4) is 11.5 Å². The molecule has 1 saturated heterocycles. The summed E-state index contributed by atoms with van der Waals surface area (Å²) in [5.41, 5.74) is 1.91. The van der Waals surface area contributed by atoms with Crippen LogP contribution in [0, 0.1) is 17.8 Å². The van der Waals surface area contributed by atoms with Crippen LogP contribution in [-0.2, 0) is 19.2 Å². The van der Waals surface area contributed by atoms with Crippen molar-refractivity contribution in [3.63, 3.8) is 0 Å². The number of fused-ring (bicyclic) bond motifs is 3. The summed E-state index contributed by atoms with van der Waals surface area (Å²) in [5, 5.41) is 11.1. The van der Waals surface area contributed by atoms with Crippen LogP contribution in [-0.4, -0.2) is 46.5 Å². The number of benzene rings is 1. The van der Waals surface area contributed by atoms with Crippen molar-refractivity contribution in [3.05, 3.63) is 57.1 Å². The highest BCUT2D eigenvalue weighted by atomic mass is 79.9. The van der Waals surface area contributed by atoms with Crippen molar-refractivity contribution in [1.29, 1.82) is 0 Å². The molecule has 0 radical (unpaired) electrons. The topological polar surface area (TPSA) is 101 Å². The molecule has 0 unspecified atom stereocenters. The van der Waals surface area contributed by atoms with Crippen LogP contribution in [0.1, 0.15) is 38.2 Å². The summed E-state index contributed by atoms with van der Waals surface area (Å²) in [4.78, 5) is 53.9. The number of rotatable bonds is 4. The van der Waals surface area contributed by atoms with Crippen LogP contribution in [0.3, 0.4) is 0 Å². The van der Waals surface area contributed by atoms with Crippen LogP contribution in [0.5, 0.6) is 11.5 Å². The zero-order valence-electron chi connectivity index (χ0n) is 18.8. The molecule has 8 heteroatoms. The lowest BCUT2D eigenvalue weighted by atomic mass is 9.59. The van der Waals surface area contributed by atoms with Crippen molar-refractivity contribution in [2.75, 3.05) is 13.2 Å². The molecule has 1 N–H and O–H groups in total. The Labute approximate surface area is 205 Å². The molecule has 0 aromatic heterocycles. The van der Waals surface area contributed by atoms with E-state index < -0.39 is 23.7 Å². The Balaban J connectivity index is 1.71. The van der Waals surface area contributed by atoms with Gasteiger partial charge in [-0.3, -0.25) is 24.1 Å². The minimum atomic E-state index is -0.706. The number of carbonyl (C=O) groups excluding carboxylic acids is 4. The number of ketones is 2. The first-order valence-corrected chi connectivity index (χ1v) is 12.3. The Hall–Kier alpha value is -3.00. The number of hydrogen-bond donors (Lipinski definition) is 1. The number of likely N-dealkylation sites (tertiary alicyclic amines) is 1. The molecule has 3 aliphatic carbocycles. The molecule has 4 atom stereocenters. The molecule has 0 bridgehead atoms. The molecule has 0 saturated carbocycles. The zero-order chi connectivity index (χ0) is 24.3. The maximum atomic E-state index is 13.3. The zero-order valence-corrected chi connectivity index (χ0v) is 20.4. The quantitative estimate of drug-likeness (QED) is 0.366. The summed E-state index contributed by atoms with van der Waals surface area (Å²) in [6.45, 7) is 4.23. The first kappa shape index (κ1) is 22.8. The molecule has 1 aromatic rings. The Morgan fingerprint density at radius 3 is 2.59 bits per heavy atom. The van der Waals surface area contributed by atoms with Gasteiger partial charge in [-0.2, -0.15) is 0 Å². The Morgan fingerprint density at radius 1 is 1.12 bits per heavy atom. The van der Waals surface area contributed by atoms with Gasteiger partial charge in [-0.1, -0.05) is 23.8 Å². The van der Waals surface area contributed by atoms with Gasteiger partial charge in [0.25, 0.3) is 0 Å². The predicted octanol–water partition coefficient (Wildman–Crippen LogP) is 3.57. The van der Waals surface area contributed by atoms with E-state index in [1.165, 1.54) is 11.0 Å². The molecular weight excluding hydrogens is 502 g/mol. The fraction of sp³-hybridized carbons (Fsp3) is 0.385. The lowest BCUT2D eigenvalue weighted by Crippen LogP contribution is -2.39. The average molecular weight is 526 g/mol. The second-order valence-electron chi connectivity index (χ2n) is 8.94. The molecule has 1 aromatic carbocycles. The van der Waals surface area contributed by atoms with Crippen molar-refractivity contribution < 1.29 is 29.0 Å². The van der Waals surface area contributed by atoms with Crippen molar-refractivity contribution in [1.82, 2.24) is 4.90 Å². The number of carbonyl (C=O) groups is 4. The number of nitrogens with zero attached hydrogens (tertiary/aromatic N) is 1. The van der Waals surface area contributed by atoms with Crippen LogP contribution in [0.15, 0.2) is 51.6 Å². The third-order valence-corrected chi connectivity index (χ3v) is 7.97. The molecule has 2 amide bonds. The van der Waals surface area contributed by atoms with Gasteiger partial charge in [-0.05, 0) is 54.6 Å². The highest BCUT2D eigenvalue weighted by Gasteiger charge is 2.56. The van der Waals surface area contributed by atoms with E-state index in [0.29, 0.717) is 36.3 Å². The molecule has 176 valence electrons. The third kappa shape index (κ3) is 3.15. The fourth-order valence-corrected chi connectivity index (χ4v) is 6.43. The number of allylic oxidation sites excluding steroid dienone is 6. The first-order chi connectivity index (χ1) is 16.3. The van der Waals surface area contributed by atoms with Gasteiger partial charge in [0.2, 0.25) is 11.8 Å². The molecule has 1 heterocycles. The van der Waals surface area contributed by atoms with Gasteiger partial charge < -0.3 is 9.84 Å². The largest absolute Gasteiger partial charge is 0.504 e.